The molecule has 0 bridgehead atoms. The lowest BCUT2D eigenvalue weighted by molar-refractivity contribution is -0.237. The van der Waals surface area contributed by atoms with Crippen molar-refractivity contribution in [3.05, 3.63) is 20.8 Å². The number of rotatable bonds is 4. The number of aromatic amines is 1. The van der Waals surface area contributed by atoms with Gasteiger partial charge in [-0.2, -0.15) is 31.3 Å². The highest BCUT2D eigenvalue weighted by Gasteiger charge is 2.50. The van der Waals surface area contributed by atoms with Crippen LogP contribution in [0.2, 0.25) is 0 Å². The fourth-order valence-corrected chi connectivity index (χ4v) is 3.20. The van der Waals surface area contributed by atoms with Crippen molar-refractivity contribution in [2.45, 2.75) is 56.3 Å². The first-order valence-corrected chi connectivity index (χ1v) is 8.36. The number of alkyl halides is 6. The van der Waals surface area contributed by atoms with Gasteiger partial charge in [0.15, 0.2) is 23.5 Å². The number of nitrogens with one attached hydrogen (secondary N) is 1. The van der Waals surface area contributed by atoms with Crippen molar-refractivity contribution in [2.24, 2.45) is 0 Å². The van der Waals surface area contributed by atoms with Gasteiger partial charge in [-0.25, -0.2) is 9.36 Å². The Morgan fingerprint density at radius 2 is 1.90 bits per heavy atom. The summed E-state index contributed by atoms with van der Waals surface area (Å²) in [5.41, 5.74) is 1.82. The van der Waals surface area contributed by atoms with Gasteiger partial charge in [-0.05, 0) is 0 Å². The zero-order valence-corrected chi connectivity index (χ0v) is 14.7. The summed E-state index contributed by atoms with van der Waals surface area (Å²) >= 11 is 0. The van der Waals surface area contributed by atoms with Crippen LogP contribution in [0.3, 0.4) is 0 Å². The third kappa shape index (κ3) is 4.01. The van der Waals surface area contributed by atoms with Crippen molar-refractivity contribution >= 4 is 17.1 Å². The molecule has 10 nitrogen and oxygen atoms in total. The summed E-state index contributed by atoms with van der Waals surface area (Å²) in [6.45, 7) is -1.00. The maximum absolute atomic E-state index is 12.7. The summed E-state index contributed by atoms with van der Waals surface area (Å²) < 4.78 is 81.9. The molecule has 30 heavy (non-hydrogen) atoms. The molecular formula is C14H15F6N5O5. The molecule has 1 aliphatic rings. The van der Waals surface area contributed by atoms with E-state index >= 15 is 0 Å². The summed E-state index contributed by atoms with van der Waals surface area (Å²) in [6, 6.07) is 0. The Morgan fingerprint density at radius 3 is 2.47 bits per heavy atom. The van der Waals surface area contributed by atoms with Gasteiger partial charge in [-0.15, -0.1) is 0 Å². The second-order valence-electron chi connectivity index (χ2n) is 6.65. The average Bonchev–Trinajstić information content (AvgIpc) is 3.08. The first-order valence-electron chi connectivity index (χ1n) is 8.36. The molecule has 1 fully saturated rings. The molecule has 2 aromatic heterocycles. The van der Waals surface area contributed by atoms with Gasteiger partial charge in [-0.3, -0.25) is 14.3 Å². The first-order chi connectivity index (χ1) is 13.7. The summed E-state index contributed by atoms with van der Waals surface area (Å²) in [4.78, 5) is 30.6. The minimum Gasteiger partial charge on any atom is -0.388 e. The maximum atomic E-state index is 12.7. The number of H-pyrrole nitrogens is 1. The smallest absolute Gasteiger partial charge is 0.388 e. The quantitative estimate of drug-likeness (QED) is 0.482. The minimum atomic E-state index is -5.09. The molecular weight excluding hydrogens is 432 g/mol. The Bertz CT molecular complexity index is 1060. The van der Waals surface area contributed by atoms with Crippen LogP contribution in [0.4, 0.5) is 32.3 Å². The van der Waals surface area contributed by atoms with E-state index in [2.05, 4.69) is 4.98 Å². The van der Waals surface area contributed by atoms with Gasteiger partial charge in [-0.1, -0.05) is 0 Å². The average molecular weight is 447 g/mol. The molecule has 0 unspecified atom stereocenters. The molecule has 3 rings (SSSR count). The van der Waals surface area contributed by atoms with E-state index in [1.807, 2.05) is 4.98 Å². The number of ether oxygens (including phenoxy) is 1. The van der Waals surface area contributed by atoms with Gasteiger partial charge in [0.2, 0.25) is 5.95 Å². The lowest BCUT2D eigenvalue weighted by Crippen LogP contribution is -2.40. The highest BCUT2D eigenvalue weighted by molar-refractivity contribution is 5.71. The first kappa shape index (κ1) is 22.1. The molecule has 5 N–H and O–H groups in total. The van der Waals surface area contributed by atoms with Crippen molar-refractivity contribution in [1.82, 2.24) is 19.1 Å². The van der Waals surface area contributed by atoms with E-state index < -0.39 is 84.6 Å². The van der Waals surface area contributed by atoms with Crippen LogP contribution in [0.1, 0.15) is 19.1 Å². The third-order valence-corrected chi connectivity index (χ3v) is 4.51. The van der Waals surface area contributed by atoms with Crippen molar-refractivity contribution < 1.29 is 41.3 Å². The van der Waals surface area contributed by atoms with Gasteiger partial charge in [0, 0.05) is 13.0 Å². The summed E-state index contributed by atoms with van der Waals surface area (Å²) in [7, 11) is 0. The lowest BCUT2D eigenvalue weighted by Gasteiger charge is -2.21. The standard InChI is InChI=1S/C14H15F6N5O5/c15-13(16,17)1-2-24-6-8(22-11(21)23-9(6)28)25(12(24)29)10-4(26)3-5(30-10)7(27)14(18,19)20/h4-5,7,10,26-27H,1-3H2,(H3,21,22,23,28)/t4-,5+,7-,10-/m1/s1. The SMILES string of the molecule is Nc1nc2c(c(=O)[nH]1)n(CCC(F)(F)F)c(=O)n2[C@@H]1O[C@H]([C@@H](O)C(F)(F)F)C[C@H]1O. The lowest BCUT2D eigenvalue weighted by atomic mass is 10.1. The van der Waals surface area contributed by atoms with E-state index in [9.17, 15) is 46.1 Å². The number of aliphatic hydroxyl groups is 2. The Balaban J connectivity index is 2.11. The van der Waals surface area contributed by atoms with Crippen LogP contribution in [0.5, 0.6) is 0 Å². The highest BCUT2D eigenvalue weighted by Crippen LogP contribution is 2.36. The van der Waals surface area contributed by atoms with E-state index in [1.54, 1.807) is 0 Å². The molecule has 2 aromatic rings. The molecule has 16 heteroatoms. The van der Waals surface area contributed by atoms with Crippen LogP contribution in [0.15, 0.2) is 9.59 Å². The highest BCUT2D eigenvalue weighted by atomic mass is 19.4. The number of aryl methyl sites for hydroxylation is 1. The van der Waals surface area contributed by atoms with Crippen LogP contribution in [-0.4, -0.2) is 60.0 Å². The molecule has 0 amide bonds. The third-order valence-electron chi connectivity index (χ3n) is 4.51. The van der Waals surface area contributed by atoms with Crippen LogP contribution in [0, 0.1) is 0 Å². The molecule has 4 atom stereocenters. The molecule has 0 aliphatic carbocycles. The number of aromatic nitrogens is 4. The van der Waals surface area contributed by atoms with E-state index in [0.29, 0.717) is 9.13 Å². The van der Waals surface area contributed by atoms with E-state index in [-0.39, 0.29) is 0 Å². The Labute approximate surface area is 161 Å². The summed E-state index contributed by atoms with van der Waals surface area (Å²) in [5.74, 6) is -0.534. The summed E-state index contributed by atoms with van der Waals surface area (Å²) in [6.07, 6.45) is -20.6. The molecule has 1 saturated heterocycles. The molecule has 0 saturated carbocycles. The number of halogens is 6. The van der Waals surface area contributed by atoms with E-state index in [1.165, 1.54) is 0 Å². The van der Waals surface area contributed by atoms with Crippen molar-refractivity contribution in [3.8, 4) is 0 Å². The van der Waals surface area contributed by atoms with Gasteiger partial charge in [0.25, 0.3) is 5.56 Å². The molecule has 0 aromatic carbocycles. The topological polar surface area (TPSA) is 148 Å². The number of anilines is 1. The number of nitrogen functional groups attached to an aromatic ring is 1. The number of hydrogen-bond donors (Lipinski definition) is 4. The number of nitrogens with two attached hydrogens (primary N) is 1. The normalized spacial score (nSPS) is 23.9. The zero-order valence-electron chi connectivity index (χ0n) is 14.7. The predicted octanol–water partition coefficient (Wildman–Crippen LogP) is -0.00750. The molecule has 168 valence electrons. The van der Waals surface area contributed by atoms with Gasteiger partial charge < -0.3 is 20.7 Å². The molecule has 3 heterocycles. The van der Waals surface area contributed by atoms with Gasteiger partial charge in [0.05, 0.1) is 12.5 Å². The number of hydrogen-bond acceptors (Lipinski definition) is 7. The number of fused-ring (bicyclic) bond motifs is 1. The Morgan fingerprint density at radius 1 is 1.27 bits per heavy atom. The van der Waals surface area contributed by atoms with Gasteiger partial charge >= 0.3 is 18.0 Å². The molecule has 0 radical (unpaired) electrons. The Hall–Kier alpha value is -2.59. The van der Waals surface area contributed by atoms with Crippen molar-refractivity contribution in [3.63, 3.8) is 0 Å². The summed E-state index contributed by atoms with van der Waals surface area (Å²) in [5, 5.41) is 19.5. The van der Waals surface area contributed by atoms with Crippen LogP contribution in [0.25, 0.3) is 11.2 Å². The van der Waals surface area contributed by atoms with Crippen molar-refractivity contribution in [1.29, 1.82) is 0 Å². The minimum absolute atomic E-state index is 0.414. The van der Waals surface area contributed by atoms with Gasteiger partial charge in [0.1, 0.15) is 6.10 Å². The second kappa shape index (κ2) is 7.28. The number of imidazole rings is 1. The van der Waals surface area contributed by atoms with E-state index in [0.717, 1.165) is 0 Å². The zero-order chi connectivity index (χ0) is 22.6. The largest absolute Gasteiger partial charge is 0.416 e. The fourth-order valence-electron chi connectivity index (χ4n) is 3.20. The van der Waals surface area contributed by atoms with Crippen LogP contribution >= 0.6 is 0 Å². The second-order valence-corrected chi connectivity index (χ2v) is 6.65. The predicted molar refractivity (Wildman–Crippen MR) is 86.3 cm³/mol. The monoisotopic (exact) mass is 447 g/mol. The maximum Gasteiger partial charge on any atom is 0.416 e. The fraction of sp³-hybridized carbons (Fsp3) is 0.643. The van der Waals surface area contributed by atoms with Crippen molar-refractivity contribution in [2.75, 3.05) is 5.73 Å². The Kier molecular flexibility index (Phi) is 5.36. The molecule has 1 aliphatic heterocycles. The number of nitrogens with zero attached hydrogens (tertiary/aromatic N) is 3. The van der Waals surface area contributed by atoms with E-state index in [4.69, 9.17) is 10.5 Å². The van der Waals surface area contributed by atoms with Crippen LogP contribution < -0.4 is 17.0 Å². The van der Waals surface area contributed by atoms with Crippen LogP contribution in [-0.2, 0) is 11.3 Å². The molecule has 0 spiro atoms. The number of aliphatic hydroxyl groups excluding tert-OH is 2.